The topological polar surface area (TPSA) is 34.1 Å². The minimum Gasteiger partial charge on any atom is -0.228 e. The van der Waals surface area contributed by atoms with Gasteiger partial charge in [0.15, 0.2) is 9.84 Å². The molecule has 0 heterocycles. The molecule has 0 spiro atoms. The molecule has 39 heavy (non-hydrogen) atoms. The lowest BCUT2D eigenvalue weighted by atomic mass is 9.88. The zero-order chi connectivity index (χ0) is 31.3. The molecule has 1 aromatic carbocycles. The Morgan fingerprint density at radius 3 is 1.31 bits per heavy atom. The zero-order valence-electron chi connectivity index (χ0n) is 18.4. The molecule has 1 aromatic rings. The number of halogens is 17. The molecule has 0 N–H and O–H groups in total. The third kappa shape index (κ3) is 5.66. The molecule has 1 rings (SSSR count). The van der Waals surface area contributed by atoms with Gasteiger partial charge in [0.2, 0.25) is 0 Å². The normalized spacial score (nSPS) is 15.4. The Morgan fingerprint density at radius 1 is 0.590 bits per heavy atom. The van der Waals surface area contributed by atoms with Crippen molar-refractivity contribution in [1.29, 1.82) is 0 Å². The zero-order valence-corrected chi connectivity index (χ0v) is 19.2. The monoisotopic (exact) mass is 628 g/mol. The Morgan fingerprint density at radius 2 is 0.949 bits per heavy atom. The fraction of sp³-hybridized carbons (Fsp3) is 0.579. The number of rotatable bonds is 12. The van der Waals surface area contributed by atoms with E-state index in [0.29, 0.717) is 5.56 Å². The van der Waals surface area contributed by atoms with Gasteiger partial charge in [-0.05, 0) is 11.1 Å². The van der Waals surface area contributed by atoms with Crippen LogP contribution in [0.15, 0.2) is 30.8 Å². The van der Waals surface area contributed by atoms with Crippen molar-refractivity contribution < 1.29 is 83.1 Å². The van der Waals surface area contributed by atoms with Gasteiger partial charge in [0.1, 0.15) is 0 Å². The van der Waals surface area contributed by atoms with Gasteiger partial charge in [-0.2, -0.15) is 74.6 Å². The maximum atomic E-state index is 13.9. The second-order valence-corrected chi connectivity index (χ2v) is 10.1. The van der Waals surface area contributed by atoms with E-state index in [9.17, 15) is 83.1 Å². The average molecular weight is 628 g/mol. The summed E-state index contributed by atoms with van der Waals surface area (Å²) in [5, 5.41) is 0. The summed E-state index contributed by atoms with van der Waals surface area (Å²) in [5.41, 5.74) is 0.195. The molecule has 0 bridgehead atoms. The van der Waals surface area contributed by atoms with Crippen molar-refractivity contribution in [2.75, 3.05) is 5.75 Å². The lowest BCUT2D eigenvalue weighted by Crippen LogP contribution is -2.74. The van der Waals surface area contributed by atoms with Gasteiger partial charge in [0, 0.05) is 6.42 Å². The molecule has 0 aliphatic carbocycles. The van der Waals surface area contributed by atoms with Gasteiger partial charge in [-0.3, -0.25) is 0 Å². The van der Waals surface area contributed by atoms with Crippen LogP contribution in [0.2, 0.25) is 0 Å². The number of alkyl halides is 17. The van der Waals surface area contributed by atoms with Crippen LogP contribution in [-0.2, 0) is 15.6 Å². The van der Waals surface area contributed by atoms with E-state index in [4.69, 9.17) is 0 Å². The Kier molecular flexibility index (Phi) is 8.88. The van der Waals surface area contributed by atoms with E-state index < -0.39 is 75.4 Å². The number of hydrogen-bond donors (Lipinski definition) is 0. The van der Waals surface area contributed by atoms with Crippen LogP contribution in [0.25, 0.3) is 6.08 Å². The van der Waals surface area contributed by atoms with Crippen LogP contribution in [-0.4, -0.2) is 61.8 Å². The number of benzene rings is 1. The van der Waals surface area contributed by atoms with Gasteiger partial charge >= 0.3 is 47.6 Å². The summed E-state index contributed by atoms with van der Waals surface area (Å²) < 4.78 is 249. The van der Waals surface area contributed by atoms with E-state index >= 15 is 0 Å². The molecular formula is C19H13F17O2S. The second-order valence-electron chi connectivity index (χ2n) is 7.94. The smallest absolute Gasteiger partial charge is 0.228 e. The summed E-state index contributed by atoms with van der Waals surface area (Å²) in [5.74, 6) is -60.8. The van der Waals surface area contributed by atoms with E-state index in [1.54, 1.807) is 0 Å². The standard InChI is InChI=1S/C19H13F17O2S/c1-2-10-3-5-11(6-4-10)9-39(37,38)8-7-12(20,21)13(22,23)14(24,25)15(26,27)16(28,29)17(30,31)18(32,33)19(34,35)36/h2-6H,1,7-9H2. The lowest BCUT2D eigenvalue weighted by molar-refractivity contribution is -0.461. The Balaban J connectivity index is 3.37. The maximum absolute atomic E-state index is 13.9. The molecule has 226 valence electrons. The summed E-state index contributed by atoms with van der Waals surface area (Å²) >= 11 is 0. The van der Waals surface area contributed by atoms with Crippen molar-refractivity contribution in [2.45, 2.75) is 59.8 Å². The van der Waals surface area contributed by atoms with Gasteiger partial charge < -0.3 is 0 Å². The van der Waals surface area contributed by atoms with Crippen LogP contribution in [0, 0.1) is 0 Å². The highest BCUT2D eigenvalue weighted by Crippen LogP contribution is 2.64. The third-order valence-electron chi connectivity index (χ3n) is 5.12. The van der Waals surface area contributed by atoms with Crippen LogP contribution >= 0.6 is 0 Å². The van der Waals surface area contributed by atoms with Gasteiger partial charge in [-0.15, -0.1) is 0 Å². The molecule has 0 aliphatic rings. The van der Waals surface area contributed by atoms with Crippen LogP contribution in [0.1, 0.15) is 17.5 Å². The molecule has 2 nitrogen and oxygen atoms in total. The third-order valence-corrected chi connectivity index (χ3v) is 6.72. The van der Waals surface area contributed by atoms with Crippen molar-refractivity contribution in [3.8, 4) is 0 Å². The van der Waals surface area contributed by atoms with E-state index in [2.05, 4.69) is 6.58 Å². The molecule has 0 saturated heterocycles. The molecule has 0 amide bonds. The summed E-state index contributed by atoms with van der Waals surface area (Å²) in [6, 6.07) is 4.55. The molecule has 0 aromatic heterocycles. The first-order valence-electron chi connectivity index (χ1n) is 9.60. The molecule has 0 radical (unpaired) electrons. The van der Waals surface area contributed by atoms with Crippen LogP contribution in [0.5, 0.6) is 0 Å². The fourth-order valence-electron chi connectivity index (χ4n) is 2.71. The summed E-state index contributed by atoms with van der Waals surface area (Å²) in [7, 11) is -4.98. The van der Waals surface area contributed by atoms with E-state index in [1.807, 2.05) is 0 Å². The van der Waals surface area contributed by atoms with E-state index in [-0.39, 0.29) is 5.56 Å². The largest absolute Gasteiger partial charge is 0.460 e. The predicted octanol–water partition coefficient (Wildman–Crippen LogP) is 7.64. The highest BCUT2D eigenvalue weighted by atomic mass is 32.2. The van der Waals surface area contributed by atoms with Gasteiger partial charge in [-0.25, -0.2) is 8.42 Å². The molecule has 0 fully saturated rings. The number of sulfone groups is 1. The Bertz CT molecular complexity index is 1140. The summed E-state index contributed by atoms with van der Waals surface area (Å²) in [6.07, 6.45) is -9.60. The summed E-state index contributed by atoms with van der Waals surface area (Å²) in [4.78, 5) is 0. The SMILES string of the molecule is C=Cc1ccc(CS(=O)(=O)CCC(F)(F)C(F)(F)C(F)(F)C(F)(F)C(F)(F)C(F)(F)C(F)(F)C(F)(F)F)cc1. The van der Waals surface area contributed by atoms with Crippen molar-refractivity contribution in [1.82, 2.24) is 0 Å². The quantitative estimate of drug-likeness (QED) is 0.223. The highest BCUT2D eigenvalue weighted by Gasteiger charge is 2.95. The first-order valence-corrected chi connectivity index (χ1v) is 11.4. The van der Waals surface area contributed by atoms with Crippen molar-refractivity contribution in [3.63, 3.8) is 0 Å². The van der Waals surface area contributed by atoms with Crippen molar-refractivity contribution in [3.05, 3.63) is 42.0 Å². The maximum Gasteiger partial charge on any atom is 0.460 e. The molecule has 0 aliphatic heterocycles. The lowest BCUT2D eigenvalue weighted by Gasteiger charge is -2.42. The van der Waals surface area contributed by atoms with Gasteiger partial charge in [-0.1, -0.05) is 36.9 Å². The molecule has 20 heteroatoms. The first kappa shape index (κ1) is 34.7. The van der Waals surface area contributed by atoms with Gasteiger partial charge in [0.25, 0.3) is 0 Å². The Hall–Kier alpha value is -2.28. The number of hydrogen-bond acceptors (Lipinski definition) is 2. The molecular weight excluding hydrogens is 615 g/mol. The predicted molar refractivity (Wildman–Crippen MR) is 99.3 cm³/mol. The second kappa shape index (κ2) is 9.97. The van der Waals surface area contributed by atoms with Crippen LogP contribution < -0.4 is 0 Å². The van der Waals surface area contributed by atoms with Crippen LogP contribution in [0.4, 0.5) is 74.6 Å². The van der Waals surface area contributed by atoms with Gasteiger partial charge in [0.05, 0.1) is 11.5 Å². The van der Waals surface area contributed by atoms with E-state index in [1.165, 1.54) is 18.2 Å². The van der Waals surface area contributed by atoms with Crippen molar-refractivity contribution >= 4 is 15.9 Å². The minimum atomic E-state index is -8.73. The molecule has 0 atom stereocenters. The van der Waals surface area contributed by atoms with Crippen LogP contribution in [0.3, 0.4) is 0 Å². The first-order chi connectivity index (χ1) is 17.0. The van der Waals surface area contributed by atoms with E-state index in [0.717, 1.165) is 12.1 Å². The fourth-order valence-corrected chi connectivity index (χ4v) is 4.13. The minimum absolute atomic E-state index is 0.208. The molecule has 0 unspecified atom stereocenters. The van der Waals surface area contributed by atoms with Crippen molar-refractivity contribution in [2.24, 2.45) is 0 Å². The molecule has 0 saturated carbocycles. The highest BCUT2D eigenvalue weighted by molar-refractivity contribution is 7.90. The Labute approximate surface area is 207 Å². The average Bonchev–Trinajstić information content (AvgIpc) is 2.76. The summed E-state index contributed by atoms with van der Waals surface area (Å²) in [6.45, 7) is 3.34.